The van der Waals surface area contributed by atoms with Crippen LogP contribution in [-0.4, -0.2) is 22.4 Å². The van der Waals surface area contributed by atoms with E-state index in [4.69, 9.17) is 4.74 Å². The molecular weight excluding hydrogens is 244 g/mol. The molecule has 1 aliphatic rings. The van der Waals surface area contributed by atoms with Crippen molar-refractivity contribution in [2.75, 3.05) is 7.11 Å². The lowest BCUT2D eigenvalue weighted by atomic mass is 9.82. The van der Waals surface area contributed by atoms with Crippen LogP contribution < -0.4 is 4.74 Å². The van der Waals surface area contributed by atoms with Gasteiger partial charge in [-0.3, -0.25) is 0 Å². The van der Waals surface area contributed by atoms with E-state index in [1.807, 2.05) is 0 Å². The summed E-state index contributed by atoms with van der Waals surface area (Å²) in [6.45, 7) is 0. The van der Waals surface area contributed by atoms with E-state index in [0.717, 1.165) is 11.1 Å². The van der Waals surface area contributed by atoms with Gasteiger partial charge in [0.15, 0.2) is 0 Å². The number of methoxy groups -OCH3 is 1. The Bertz CT molecular complexity index is 649. The first-order valence-corrected chi connectivity index (χ1v) is 6.02. The van der Waals surface area contributed by atoms with E-state index in [2.05, 4.69) is 0 Å². The van der Waals surface area contributed by atoms with Crippen LogP contribution in [0.5, 0.6) is 17.2 Å². The largest absolute Gasteiger partial charge is 0.508 e. The van der Waals surface area contributed by atoms with Gasteiger partial charge in [0.2, 0.25) is 0 Å². The molecule has 2 aromatic rings. The second-order valence-electron chi connectivity index (χ2n) is 4.64. The standard InChI is InChI=1S/C15H14O4/c1-19-13-7-9(16)5-8-6-12(18)10-3-2-4-11(17)15(10)14(8)13/h2-5,7,12,16-18H,6H2,1H3/t12-/m1/s1. The molecule has 2 aromatic carbocycles. The van der Waals surface area contributed by atoms with E-state index < -0.39 is 6.10 Å². The van der Waals surface area contributed by atoms with Crippen molar-refractivity contribution < 1.29 is 20.1 Å². The van der Waals surface area contributed by atoms with Gasteiger partial charge >= 0.3 is 0 Å². The minimum absolute atomic E-state index is 0.0849. The molecule has 0 bridgehead atoms. The number of aromatic hydroxyl groups is 2. The predicted molar refractivity (Wildman–Crippen MR) is 70.4 cm³/mol. The van der Waals surface area contributed by atoms with Crippen LogP contribution in [0.4, 0.5) is 0 Å². The summed E-state index contributed by atoms with van der Waals surface area (Å²) in [6.07, 6.45) is -0.308. The van der Waals surface area contributed by atoms with Crippen LogP contribution in [0.15, 0.2) is 30.3 Å². The molecule has 3 rings (SSSR count). The highest BCUT2D eigenvalue weighted by atomic mass is 16.5. The summed E-state index contributed by atoms with van der Waals surface area (Å²) in [5, 5.41) is 29.9. The zero-order valence-electron chi connectivity index (χ0n) is 10.4. The van der Waals surface area contributed by atoms with Crippen molar-refractivity contribution in [1.29, 1.82) is 0 Å². The van der Waals surface area contributed by atoms with Gasteiger partial charge in [0.25, 0.3) is 0 Å². The fourth-order valence-electron chi connectivity index (χ4n) is 2.69. The lowest BCUT2D eigenvalue weighted by Crippen LogP contribution is -2.11. The number of benzene rings is 2. The molecule has 0 radical (unpaired) electrons. The molecule has 1 aliphatic carbocycles. The van der Waals surface area contributed by atoms with Crippen LogP contribution in [0.2, 0.25) is 0 Å². The Morgan fingerprint density at radius 3 is 2.68 bits per heavy atom. The van der Waals surface area contributed by atoms with Crippen molar-refractivity contribution in [1.82, 2.24) is 0 Å². The minimum atomic E-state index is -0.693. The molecule has 4 heteroatoms. The van der Waals surface area contributed by atoms with Crippen LogP contribution in [0.1, 0.15) is 17.2 Å². The van der Waals surface area contributed by atoms with Gasteiger partial charge in [0, 0.05) is 23.6 Å². The first-order valence-electron chi connectivity index (χ1n) is 6.02. The van der Waals surface area contributed by atoms with Crippen molar-refractivity contribution in [2.24, 2.45) is 0 Å². The molecular formula is C15H14O4. The Morgan fingerprint density at radius 1 is 1.16 bits per heavy atom. The van der Waals surface area contributed by atoms with Gasteiger partial charge in [-0.1, -0.05) is 12.1 Å². The third kappa shape index (κ3) is 1.72. The third-order valence-electron chi connectivity index (χ3n) is 3.49. The van der Waals surface area contributed by atoms with Gasteiger partial charge in [-0.25, -0.2) is 0 Å². The number of rotatable bonds is 1. The molecule has 0 aliphatic heterocycles. The SMILES string of the molecule is COc1cc(O)cc2c1-c1c(O)cccc1[C@H](O)C2. The normalized spacial score (nSPS) is 16.6. The summed E-state index contributed by atoms with van der Waals surface area (Å²) in [7, 11) is 1.51. The second-order valence-corrected chi connectivity index (χ2v) is 4.64. The van der Waals surface area contributed by atoms with Gasteiger partial charge in [-0.15, -0.1) is 0 Å². The molecule has 3 N–H and O–H groups in total. The zero-order valence-corrected chi connectivity index (χ0v) is 10.4. The molecule has 0 heterocycles. The molecule has 0 saturated heterocycles. The average molecular weight is 258 g/mol. The number of ether oxygens (including phenoxy) is 1. The molecule has 19 heavy (non-hydrogen) atoms. The molecule has 0 amide bonds. The number of phenolic OH excluding ortho intramolecular Hbond substituents is 2. The number of aliphatic hydroxyl groups excluding tert-OH is 1. The quantitative estimate of drug-likeness (QED) is 0.734. The fraction of sp³-hybridized carbons (Fsp3) is 0.200. The maximum Gasteiger partial charge on any atom is 0.130 e. The Labute approximate surface area is 110 Å². The maximum absolute atomic E-state index is 10.2. The smallest absolute Gasteiger partial charge is 0.130 e. The highest BCUT2D eigenvalue weighted by Crippen LogP contribution is 2.48. The first-order chi connectivity index (χ1) is 9.11. The second kappa shape index (κ2) is 4.17. The average Bonchev–Trinajstić information content (AvgIpc) is 2.38. The monoisotopic (exact) mass is 258 g/mol. The molecule has 0 unspecified atom stereocenters. The van der Waals surface area contributed by atoms with Gasteiger partial charge in [-0.2, -0.15) is 0 Å². The van der Waals surface area contributed by atoms with Gasteiger partial charge in [-0.05, 0) is 23.3 Å². The van der Waals surface area contributed by atoms with E-state index in [1.165, 1.54) is 13.2 Å². The summed E-state index contributed by atoms with van der Waals surface area (Å²) < 4.78 is 5.29. The summed E-state index contributed by atoms with van der Waals surface area (Å²) >= 11 is 0. The maximum atomic E-state index is 10.2. The molecule has 0 spiro atoms. The van der Waals surface area contributed by atoms with Gasteiger partial charge in [0.1, 0.15) is 17.2 Å². The Hall–Kier alpha value is -2.20. The van der Waals surface area contributed by atoms with Crippen molar-refractivity contribution in [3.8, 4) is 28.4 Å². The molecule has 0 fully saturated rings. The van der Waals surface area contributed by atoms with E-state index in [0.29, 0.717) is 23.3 Å². The molecule has 0 aromatic heterocycles. The lowest BCUT2D eigenvalue weighted by molar-refractivity contribution is 0.176. The van der Waals surface area contributed by atoms with Crippen LogP contribution in [0, 0.1) is 0 Å². The Balaban J connectivity index is 2.37. The summed E-state index contributed by atoms with van der Waals surface area (Å²) in [6, 6.07) is 8.17. The van der Waals surface area contributed by atoms with E-state index in [1.54, 1.807) is 24.3 Å². The fourth-order valence-corrected chi connectivity index (χ4v) is 2.69. The Kier molecular flexibility index (Phi) is 2.61. The molecule has 4 nitrogen and oxygen atoms in total. The highest BCUT2D eigenvalue weighted by Gasteiger charge is 2.28. The minimum Gasteiger partial charge on any atom is -0.508 e. The summed E-state index contributed by atoms with van der Waals surface area (Å²) in [5.41, 5.74) is 2.75. The molecule has 98 valence electrons. The highest BCUT2D eigenvalue weighted by molar-refractivity contribution is 5.84. The van der Waals surface area contributed by atoms with Crippen molar-refractivity contribution in [2.45, 2.75) is 12.5 Å². The first kappa shape index (κ1) is 11.9. The van der Waals surface area contributed by atoms with Crippen LogP contribution >= 0.6 is 0 Å². The van der Waals surface area contributed by atoms with Crippen LogP contribution in [-0.2, 0) is 6.42 Å². The number of phenols is 2. The molecule has 1 atom stereocenters. The van der Waals surface area contributed by atoms with Crippen LogP contribution in [0.25, 0.3) is 11.1 Å². The van der Waals surface area contributed by atoms with E-state index in [-0.39, 0.29) is 11.5 Å². The van der Waals surface area contributed by atoms with Crippen molar-refractivity contribution >= 4 is 0 Å². The predicted octanol–water partition coefficient (Wildman–Crippen LogP) is 2.36. The number of hydrogen-bond acceptors (Lipinski definition) is 4. The zero-order chi connectivity index (χ0) is 13.6. The van der Waals surface area contributed by atoms with Crippen molar-refractivity contribution in [3.63, 3.8) is 0 Å². The summed E-state index contributed by atoms with van der Waals surface area (Å²) in [4.78, 5) is 0. The van der Waals surface area contributed by atoms with E-state index in [9.17, 15) is 15.3 Å². The number of fused-ring (bicyclic) bond motifs is 3. The Morgan fingerprint density at radius 2 is 1.95 bits per heavy atom. The van der Waals surface area contributed by atoms with Gasteiger partial charge < -0.3 is 20.1 Å². The lowest BCUT2D eigenvalue weighted by Gasteiger charge is -2.26. The molecule has 0 saturated carbocycles. The summed E-state index contributed by atoms with van der Waals surface area (Å²) in [5.74, 6) is 0.674. The third-order valence-corrected chi connectivity index (χ3v) is 3.49. The number of aliphatic hydroxyl groups is 1. The van der Waals surface area contributed by atoms with Crippen LogP contribution in [0.3, 0.4) is 0 Å². The topological polar surface area (TPSA) is 69.9 Å². The van der Waals surface area contributed by atoms with E-state index >= 15 is 0 Å². The number of hydrogen-bond donors (Lipinski definition) is 3. The van der Waals surface area contributed by atoms with Gasteiger partial charge in [0.05, 0.1) is 13.2 Å². The van der Waals surface area contributed by atoms with Crippen molar-refractivity contribution in [3.05, 3.63) is 41.5 Å².